The molecule has 0 aromatic heterocycles. The third-order valence-electron chi connectivity index (χ3n) is 3.02. The van der Waals surface area contributed by atoms with Gasteiger partial charge in [-0.3, -0.25) is 0 Å². The minimum Gasteiger partial charge on any atom is -0.398 e. The molecule has 1 aliphatic carbocycles. The fraction of sp³-hybridized carbons (Fsp3) is 0.385. The quantitative estimate of drug-likeness (QED) is 0.731. The van der Waals surface area contributed by atoms with Crippen LogP contribution >= 0.6 is 0 Å². The van der Waals surface area contributed by atoms with Crippen molar-refractivity contribution >= 4 is 11.3 Å². The number of rotatable bonds is 1. The smallest absolute Gasteiger partial charge is 0.398 e. The maximum atomic E-state index is 12.6. The number of halogens is 3. The van der Waals surface area contributed by atoms with Crippen molar-refractivity contribution in [1.29, 1.82) is 0 Å². The third kappa shape index (κ3) is 2.62. The van der Waals surface area contributed by atoms with Gasteiger partial charge in [0.05, 0.1) is 5.56 Å². The normalized spacial score (nSPS) is 16.8. The summed E-state index contributed by atoms with van der Waals surface area (Å²) in [6, 6.07) is 3.53. The first-order valence-electron chi connectivity index (χ1n) is 5.64. The van der Waals surface area contributed by atoms with Crippen LogP contribution < -0.4 is 5.73 Å². The van der Waals surface area contributed by atoms with Crippen LogP contribution in [0.2, 0.25) is 0 Å². The van der Waals surface area contributed by atoms with E-state index in [9.17, 15) is 13.2 Å². The summed E-state index contributed by atoms with van der Waals surface area (Å²) in [5.41, 5.74) is 7.03. The van der Waals surface area contributed by atoms with Crippen LogP contribution in [-0.2, 0) is 6.18 Å². The summed E-state index contributed by atoms with van der Waals surface area (Å²) in [5.74, 6) is 0. The molecular weight excluding hydrogens is 227 g/mol. The van der Waals surface area contributed by atoms with Gasteiger partial charge in [0.25, 0.3) is 0 Å². The van der Waals surface area contributed by atoms with Crippen LogP contribution in [0.5, 0.6) is 0 Å². The number of nitrogens with two attached hydrogens (primary N) is 1. The lowest BCUT2D eigenvalue weighted by Gasteiger charge is -2.16. The lowest BCUT2D eigenvalue weighted by Crippen LogP contribution is -2.07. The van der Waals surface area contributed by atoms with E-state index in [0.717, 1.165) is 43.4 Å². The molecule has 2 N–H and O–H groups in total. The molecule has 0 saturated heterocycles. The van der Waals surface area contributed by atoms with E-state index in [1.165, 1.54) is 6.07 Å². The van der Waals surface area contributed by atoms with Gasteiger partial charge >= 0.3 is 6.18 Å². The highest BCUT2D eigenvalue weighted by atomic mass is 19.4. The molecule has 0 fully saturated rings. The van der Waals surface area contributed by atoms with E-state index in [2.05, 4.69) is 0 Å². The van der Waals surface area contributed by atoms with E-state index in [-0.39, 0.29) is 0 Å². The molecule has 0 saturated carbocycles. The predicted molar refractivity (Wildman–Crippen MR) is 62.3 cm³/mol. The zero-order valence-electron chi connectivity index (χ0n) is 9.35. The number of benzene rings is 1. The minimum atomic E-state index is -4.31. The van der Waals surface area contributed by atoms with E-state index >= 15 is 0 Å². The molecule has 0 bridgehead atoms. The summed E-state index contributed by atoms with van der Waals surface area (Å²) in [7, 11) is 0. The van der Waals surface area contributed by atoms with E-state index in [0.29, 0.717) is 11.3 Å². The zero-order valence-corrected chi connectivity index (χ0v) is 9.35. The largest absolute Gasteiger partial charge is 0.416 e. The second-order valence-electron chi connectivity index (χ2n) is 4.27. The number of hydrogen-bond donors (Lipinski definition) is 1. The average molecular weight is 241 g/mol. The Balaban J connectivity index is 2.42. The lowest BCUT2D eigenvalue weighted by atomic mass is 9.91. The van der Waals surface area contributed by atoms with Crippen LogP contribution in [0.4, 0.5) is 18.9 Å². The summed E-state index contributed by atoms with van der Waals surface area (Å²) in [5, 5.41) is 0. The summed E-state index contributed by atoms with van der Waals surface area (Å²) < 4.78 is 37.8. The molecule has 2 rings (SSSR count). The molecule has 92 valence electrons. The van der Waals surface area contributed by atoms with Crippen molar-refractivity contribution in [2.75, 3.05) is 5.73 Å². The summed E-state index contributed by atoms with van der Waals surface area (Å²) >= 11 is 0. The first-order valence-corrected chi connectivity index (χ1v) is 5.64. The Labute approximate surface area is 98.1 Å². The molecule has 0 spiro atoms. The fourth-order valence-electron chi connectivity index (χ4n) is 2.09. The van der Waals surface area contributed by atoms with Crippen molar-refractivity contribution in [3.63, 3.8) is 0 Å². The van der Waals surface area contributed by atoms with Crippen LogP contribution in [0.3, 0.4) is 0 Å². The average Bonchev–Trinajstić information content (AvgIpc) is 2.29. The fourth-order valence-corrected chi connectivity index (χ4v) is 2.09. The standard InChI is InChI=1S/C13H14F3N/c14-13(15,16)10-6-7-12(17)11(8-10)9-4-2-1-3-5-9/h4,6-8H,1-3,5,17H2. The molecule has 0 unspecified atom stereocenters. The second-order valence-corrected chi connectivity index (χ2v) is 4.27. The van der Waals surface area contributed by atoms with E-state index in [4.69, 9.17) is 5.73 Å². The highest BCUT2D eigenvalue weighted by Crippen LogP contribution is 2.36. The molecule has 1 aromatic carbocycles. The monoisotopic (exact) mass is 241 g/mol. The predicted octanol–water partition coefficient (Wildman–Crippen LogP) is 4.25. The van der Waals surface area contributed by atoms with Crippen LogP contribution in [0.15, 0.2) is 24.3 Å². The van der Waals surface area contributed by atoms with Crippen molar-refractivity contribution in [3.8, 4) is 0 Å². The molecule has 0 heterocycles. The Hall–Kier alpha value is -1.45. The number of hydrogen-bond acceptors (Lipinski definition) is 1. The SMILES string of the molecule is Nc1ccc(C(F)(F)F)cc1C1=CCCCC1. The van der Waals surface area contributed by atoms with Crippen LogP contribution in [0.25, 0.3) is 5.57 Å². The second kappa shape index (κ2) is 4.43. The highest BCUT2D eigenvalue weighted by Gasteiger charge is 2.31. The molecule has 4 heteroatoms. The Morgan fingerprint density at radius 1 is 1.12 bits per heavy atom. The number of nitrogen functional groups attached to an aromatic ring is 1. The van der Waals surface area contributed by atoms with Crippen LogP contribution in [-0.4, -0.2) is 0 Å². The number of anilines is 1. The Kier molecular flexibility index (Phi) is 3.13. The van der Waals surface area contributed by atoms with Crippen molar-refractivity contribution in [2.45, 2.75) is 31.9 Å². The van der Waals surface area contributed by atoms with Gasteiger partial charge in [0, 0.05) is 11.3 Å². The van der Waals surface area contributed by atoms with Crippen molar-refractivity contribution < 1.29 is 13.2 Å². The van der Waals surface area contributed by atoms with Gasteiger partial charge in [-0.05, 0) is 49.5 Å². The van der Waals surface area contributed by atoms with Crippen molar-refractivity contribution in [3.05, 3.63) is 35.4 Å². The molecular formula is C13H14F3N. The summed E-state index contributed by atoms with van der Waals surface area (Å²) in [6.45, 7) is 0. The van der Waals surface area contributed by atoms with E-state index in [1.807, 2.05) is 6.08 Å². The third-order valence-corrected chi connectivity index (χ3v) is 3.02. The summed E-state index contributed by atoms with van der Waals surface area (Å²) in [4.78, 5) is 0. The highest BCUT2D eigenvalue weighted by molar-refractivity contribution is 5.76. The van der Waals surface area contributed by atoms with E-state index in [1.54, 1.807) is 0 Å². The molecule has 1 aromatic rings. The Morgan fingerprint density at radius 2 is 1.88 bits per heavy atom. The molecule has 0 atom stereocenters. The van der Waals surface area contributed by atoms with Gasteiger partial charge in [-0.2, -0.15) is 13.2 Å². The van der Waals surface area contributed by atoms with E-state index < -0.39 is 11.7 Å². The molecule has 0 aliphatic heterocycles. The van der Waals surface area contributed by atoms with Gasteiger partial charge in [-0.1, -0.05) is 6.08 Å². The Morgan fingerprint density at radius 3 is 2.47 bits per heavy atom. The molecule has 1 aliphatic rings. The lowest BCUT2D eigenvalue weighted by molar-refractivity contribution is -0.137. The topological polar surface area (TPSA) is 26.0 Å². The van der Waals surface area contributed by atoms with Crippen molar-refractivity contribution in [1.82, 2.24) is 0 Å². The van der Waals surface area contributed by atoms with Crippen LogP contribution in [0, 0.1) is 0 Å². The summed E-state index contributed by atoms with van der Waals surface area (Å²) in [6.07, 6.45) is 1.54. The minimum absolute atomic E-state index is 0.422. The maximum absolute atomic E-state index is 12.6. The van der Waals surface area contributed by atoms with Gasteiger partial charge in [-0.15, -0.1) is 0 Å². The molecule has 17 heavy (non-hydrogen) atoms. The maximum Gasteiger partial charge on any atom is 0.416 e. The number of allylic oxidation sites excluding steroid dienone is 2. The molecule has 0 amide bonds. The first-order chi connectivity index (χ1) is 7.98. The molecule has 0 radical (unpaired) electrons. The van der Waals surface area contributed by atoms with Gasteiger partial charge < -0.3 is 5.73 Å². The van der Waals surface area contributed by atoms with Gasteiger partial charge in [0.15, 0.2) is 0 Å². The first kappa shape index (κ1) is 12.0. The van der Waals surface area contributed by atoms with Crippen molar-refractivity contribution in [2.24, 2.45) is 0 Å². The van der Waals surface area contributed by atoms with Gasteiger partial charge in [0.1, 0.15) is 0 Å². The number of alkyl halides is 3. The van der Waals surface area contributed by atoms with Gasteiger partial charge in [0.2, 0.25) is 0 Å². The van der Waals surface area contributed by atoms with Crippen LogP contribution in [0.1, 0.15) is 36.8 Å². The van der Waals surface area contributed by atoms with Gasteiger partial charge in [-0.25, -0.2) is 0 Å². The zero-order chi connectivity index (χ0) is 12.5. The Bertz CT molecular complexity index is 446. The molecule has 1 nitrogen and oxygen atoms in total.